The minimum absolute atomic E-state index is 0.155. The van der Waals surface area contributed by atoms with E-state index in [9.17, 15) is 4.79 Å². The van der Waals surface area contributed by atoms with Crippen molar-refractivity contribution >= 4 is 5.78 Å². The molecule has 0 amide bonds. The number of nitrogens with zero attached hydrogens (tertiary/aromatic N) is 2. The molecule has 2 fully saturated rings. The van der Waals surface area contributed by atoms with Crippen LogP contribution in [0.1, 0.15) is 25.7 Å². The summed E-state index contributed by atoms with van der Waals surface area (Å²) in [7, 11) is 4.18. The summed E-state index contributed by atoms with van der Waals surface area (Å²) in [5, 5.41) is 0. The number of Topliss-reactive ketones (excluding diaryl/α,β-unsaturated/α-hetero) is 1. The van der Waals surface area contributed by atoms with Gasteiger partial charge in [0, 0.05) is 26.1 Å². The van der Waals surface area contributed by atoms with Gasteiger partial charge in [-0.2, -0.15) is 0 Å². The lowest BCUT2D eigenvalue weighted by molar-refractivity contribution is -0.125. The first kappa shape index (κ1) is 11.1. The third-order valence-electron chi connectivity index (χ3n) is 3.72. The zero-order chi connectivity index (χ0) is 10.8. The second kappa shape index (κ2) is 4.62. The zero-order valence-corrected chi connectivity index (χ0v) is 9.91. The van der Waals surface area contributed by atoms with Gasteiger partial charge in [-0.1, -0.05) is 12.8 Å². The predicted octanol–water partition coefficient (Wildman–Crippen LogP) is 0.991. The first-order valence-corrected chi connectivity index (χ1v) is 6.08. The Morgan fingerprint density at radius 1 is 1.27 bits per heavy atom. The van der Waals surface area contributed by atoms with Gasteiger partial charge in [-0.25, -0.2) is 0 Å². The number of piperazine rings is 1. The van der Waals surface area contributed by atoms with E-state index in [-0.39, 0.29) is 6.04 Å². The van der Waals surface area contributed by atoms with E-state index < -0.39 is 0 Å². The first-order chi connectivity index (χ1) is 7.16. The van der Waals surface area contributed by atoms with E-state index >= 15 is 0 Å². The summed E-state index contributed by atoms with van der Waals surface area (Å²) in [6.07, 6.45) is 4.64. The van der Waals surface area contributed by atoms with Crippen molar-refractivity contribution < 1.29 is 4.79 Å². The molecule has 1 aliphatic carbocycles. The van der Waals surface area contributed by atoms with Gasteiger partial charge in [0.2, 0.25) is 0 Å². The number of ketones is 1. The number of rotatable bonds is 4. The molecule has 1 atom stereocenters. The lowest BCUT2D eigenvalue weighted by Gasteiger charge is -2.36. The van der Waals surface area contributed by atoms with Crippen LogP contribution in [0.5, 0.6) is 0 Å². The molecule has 0 aromatic heterocycles. The van der Waals surface area contributed by atoms with Crippen molar-refractivity contribution in [3.63, 3.8) is 0 Å². The fourth-order valence-corrected chi connectivity index (χ4v) is 2.28. The van der Waals surface area contributed by atoms with Crippen molar-refractivity contribution in [3.8, 4) is 0 Å². The molecule has 2 aliphatic rings. The molecule has 1 heterocycles. The Bertz CT molecular complexity index is 238. The van der Waals surface area contributed by atoms with Crippen LogP contribution in [0.3, 0.4) is 0 Å². The number of hydrogen-bond acceptors (Lipinski definition) is 3. The van der Waals surface area contributed by atoms with E-state index in [2.05, 4.69) is 23.9 Å². The molecule has 1 unspecified atom stereocenters. The van der Waals surface area contributed by atoms with Crippen LogP contribution in [0.2, 0.25) is 0 Å². The van der Waals surface area contributed by atoms with E-state index in [0.29, 0.717) is 5.78 Å². The lowest BCUT2D eigenvalue weighted by atomic mass is 10.0. The van der Waals surface area contributed by atoms with Gasteiger partial charge in [0.1, 0.15) is 0 Å². The summed E-state index contributed by atoms with van der Waals surface area (Å²) in [5.74, 6) is 1.33. The van der Waals surface area contributed by atoms with Gasteiger partial charge in [-0.05, 0) is 26.4 Å². The van der Waals surface area contributed by atoms with Crippen molar-refractivity contribution in [1.29, 1.82) is 0 Å². The van der Waals surface area contributed by atoms with Gasteiger partial charge in [0.05, 0.1) is 6.04 Å². The third kappa shape index (κ3) is 3.02. The summed E-state index contributed by atoms with van der Waals surface area (Å²) in [6.45, 7) is 3.03. The van der Waals surface area contributed by atoms with Gasteiger partial charge in [0.25, 0.3) is 0 Å². The molecule has 2 rings (SSSR count). The molecule has 1 aliphatic heterocycles. The average Bonchev–Trinajstić information content (AvgIpc) is 3.02. The number of likely N-dealkylation sites (N-methyl/N-ethyl adjacent to an activating group) is 2. The van der Waals surface area contributed by atoms with E-state index in [1.165, 1.54) is 12.8 Å². The largest absolute Gasteiger partial charge is 0.303 e. The highest BCUT2D eigenvalue weighted by atomic mass is 16.1. The summed E-state index contributed by atoms with van der Waals surface area (Å²) < 4.78 is 0. The summed E-state index contributed by atoms with van der Waals surface area (Å²) in [5.41, 5.74) is 0. The van der Waals surface area contributed by atoms with Gasteiger partial charge in [-0.15, -0.1) is 0 Å². The maximum atomic E-state index is 12.0. The summed E-state index contributed by atoms with van der Waals surface area (Å²) in [6, 6.07) is 0.155. The van der Waals surface area contributed by atoms with Crippen molar-refractivity contribution in [2.45, 2.75) is 31.7 Å². The van der Waals surface area contributed by atoms with Crippen LogP contribution in [0.4, 0.5) is 0 Å². The van der Waals surface area contributed by atoms with E-state index in [1.54, 1.807) is 0 Å². The van der Waals surface area contributed by atoms with Crippen LogP contribution in [0.25, 0.3) is 0 Å². The Hall–Kier alpha value is -0.410. The van der Waals surface area contributed by atoms with Crippen LogP contribution in [-0.4, -0.2) is 55.4 Å². The monoisotopic (exact) mass is 210 g/mol. The molecule has 0 bridgehead atoms. The van der Waals surface area contributed by atoms with Crippen LogP contribution in [0, 0.1) is 5.92 Å². The van der Waals surface area contributed by atoms with Gasteiger partial charge < -0.3 is 4.90 Å². The van der Waals surface area contributed by atoms with Crippen molar-refractivity contribution in [3.05, 3.63) is 0 Å². The van der Waals surface area contributed by atoms with E-state index in [4.69, 9.17) is 0 Å². The maximum Gasteiger partial charge on any atom is 0.151 e. The van der Waals surface area contributed by atoms with Gasteiger partial charge in [0.15, 0.2) is 5.78 Å². The van der Waals surface area contributed by atoms with Crippen LogP contribution in [0.15, 0.2) is 0 Å². The van der Waals surface area contributed by atoms with Gasteiger partial charge in [-0.3, -0.25) is 9.69 Å². The molecular formula is C12H22N2O. The van der Waals surface area contributed by atoms with Crippen LogP contribution < -0.4 is 0 Å². The highest BCUT2D eigenvalue weighted by Gasteiger charge is 2.29. The SMILES string of the molecule is CN1CCN(C)C(C(=O)CCC2CC2)C1. The fourth-order valence-electron chi connectivity index (χ4n) is 2.28. The molecule has 0 radical (unpaired) electrons. The summed E-state index contributed by atoms with van der Waals surface area (Å²) >= 11 is 0. The second-order valence-corrected chi connectivity index (χ2v) is 5.21. The maximum absolute atomic E-state index is 12.0. The highest BCUT2D eigenvalue weighted by molar-refractivity contribution is 5.84. The topological polar surface area (TPSA) is 23.6 Å². The molecular weight excluding hydrogens is 188 g/mol. The Morgan fingerprint density at radius 2 is 2.00 bits per heavy atom. The zero-order valence-electron chi connectivity index (χ0n) is 9.91. The molecule has 3 heteroatoms. The molecule has 0 aromatic carbocycles. The summed E-state index contributed by atoms with van der Waals surface area (Å²) in [4.78, 5) is 16.5. The number of hydrogen-bond donors (Lipinski definition) is 0. The van der Waals surface area contributed by atoms with Crippen molar-refractivity contribution in [2.24, 2.45) is 5.92 Å². The first-order valence-electron chi connectivity index (χ1n) is 6.08. The normalized spacial score (nSPS) is 29.3. The molecule has 1 saturated carbocycles. The van der Waals surface area contributed by atoms with E-state index in [0.717, 1.165) is 38.4 Å². The Kier molecular flexibility index (Phi) is 3.42. The third-order valence-corrected chi connectivity index (χ3v) is 3.72. The highest BCUT2D eigenvalue weighted by Crippen LogP contribution is 2.33. The standard InChI is InChI=1S/C12H22N2O/c1-13-7-8-14(2)11(9-13)12(15)6-5-10-3-4-10/h10-11H,3-9H2,1-2H3. The molecule has 1 saturated heterocycles. The number of carbonyl (C=O) groups is 1. The fraction of sp³-hybridized carbons (Fsp3) is 0.917. The predicted molar refractivity (Wildman–Crippen MR) is 60.9 cm³/mol. The molecule has 0 N–H and O–H groups in total. The molecule has 0 spiro atoms. The molecule has 86 valence electrons. The second-order valence-electron chi connectivity index (χ2n) is 5.21. The Labute approximate surface area is 92.4 Å². The number of carbonyl (C=O) groups excluding carboxylic acids is 1. The quantitative estimate of drug-likeness (QED) is 0.691. The minimum atomic E-state index is 0.155. The van der Waals surface area contributed by atoms with Crippen molar-refractivity contribution in [1.82, 2.24) is 9.80 Å². The van der Waals surface area contributed by atoms with Crippen molar-refractivity contribution in [2.75, 3.05) is 33.7 Å². The Morgan fingerprint density at radius 3 is 2.67 bits per heavy atom. The molecule has 3 nitrogen and oxygen atoms in total. The van der Waals surface area contributed by atoms with Gasteiger partial charge >= 0.3 is 0 Å². The smallest absolute Gasteiger partial charge is 0.151 e. The molecule has 15 heavy (non-hydrogen) atoms. The van der Waals surface area contributed by atoms with Crippen LogP contribution in [-0.2, 0) is 4.79 Å². The Balaban J connectivity index is 1.80. The molecule has 0 aromatic rings. The van der Waals surface area contributed by atoms with E-state index in [1.807, 2.05) is 0 Å². The average molecular weight is 210 g/mol. The van der Waals surface area contributed by atoms with Crippen LogP contribution >= 0.6 is 0 Å². The lowest BCUT2D eigenvalue weighted by Crippen LogP contribution is -2.53. The minimum Gasteiger partial charge on any atom is -0.303 e.